The molecule has 106 valence electrons. The van der Waals surface area contributed by atoms with Gasteiger partial charge in [0.25, 0.3) is 10.1 Å². The monoisotopic (exact) mass is 354 g/mol. The molecule has 3 nitrogen and oxygen atoms in total. The summed E-state index contributed by atoms with van der Waals surface area (Å²) in [4.78, 5) is 0.0137. The smallest absolute Gasteiger partial charge is 0.265 e. The molecule has 0 saturated carbocycles. The summed E-state index contributed by atoms with van der Waals surface area (Å²) in [6, 6.07) is 16.1. The molecule has 0 bridgehead atoms. The van der Waals surface area contributed by atoms with Gasteiger partial charge in [-0.2, -0.15) is 8.42 Å². The lowest BCUT2D eigenvalue weighted by atomic mass is 10.2. The zero-order chi connectivity index (χ0) is 14.6. The summed E-state index contributed by atoms with van der Waals surface area (Å²) in [7, 11) is -3.71. The van der Waals surface area contributed by atoms with E-state index in [1.165, 1.54) is 0 Å². The van der Waals surface area contributed by atoms with Crippen LogP contribution in [0.15, 0.2) is 59.5 Å². The second-order valence-electron chi connectivity index (χ2n) is 4.43. The van der Waals surface area contributed by atoms with Gasteiger partial charge in [0.15, 0.2) is 0 Å². The predicted molar refractivity (Wildman–Crippen MR) is 82.4 cm³/mol. The highest BCUT2D eigenvalue weighted by atomic mass is 79.9. The van der Waals surface area contributed by atoms with E-state index in [2.05, 4.69) is 15.9 Å². The van der Waals surface area contributed by atoms with Gasteiger partial charge >= 0.3 is 0 Å². The van der Waals surface area contributed by atoms with E-state index in [0.717, 1.165) is 11.1 Å². The average Bonchev–Trinajstić information content (AvgIpc) is 2.46. The summed E-state index contributed by atoms with van der Waals surface area (Å²) in [6.45, 7) is 1.96. The first-order valence-electron chi connectivity index (χ1n) is 6.14. The number of hydrogen-bond donors (Lipinski definition) is 0. The molecule has 0 spiro atoms. The molecule has 20 heavy (non-hydrogen) atoms. The second kappa shape index (κ2) is 6.52. The topological polar surface area (TPSA) is 43.4 Å². The van der Waals surface area contributed by atoms with E-state index < -0.39 is 10.1 Å². The third-order valence-electron chi connectivity index (χ3n) is 2.84. The molecule has 0 heterocycles. The van der Waals surface area contributed by atoms with Gasteiger partial charge in [-0.25, -0.2) is 0 Å². The van der Waals surface area contributed by atoms with Crippen molar-refractivity contribution in [1.29, 1.82) is 0 Å². The van der Waals surface area contributed by atoms with E-state index in [0.29, 0.717) is 0 Å². The van der Waals surface area contributed by atoms with Crippen molar-refractivity contribution in [3.05, 3.63) is 65.7 Å². The summed E-state index contributed by atoms with van der Waals surface area (Å²) >= 11 is 3.43. The molecule has 1 unspecified atom stereocenters. The molecule has 0 aromatic heterocycles. The number of aryl methyl sites for hydroxylation is 1. The van der Waals surface area contributed by atoms with Crippen LogP contribution < -0.4 is 0 Å². The molecule has 0 aliphatic rings. The van der Waals surface area contributed by atoms with Crippen molar-refractivity contribution in [3.63, 3.8) is 0 Å². The Labute approximate surface area is 127 Å². The van der Waals surface area contributed by atoms with Crippen molar-refractivity contribution in [2.45, 2.75) is 16.6 Å². The summed E-state index contributed by atoms with van der Waals surface area (Å²) in [5.74, 6) is 0. The molecule has 0 fully saturated rings. The van der Waals surface area contributed by atoms with Crippen LogP contribution in [0.5, 0.6) is 0 Å². The van der Waals surface area contributed by atoms with Gasteiger partial charge < -0.3 is 0 Å². The largest absolute Gasteiger partial charge is 0.297 e. The molecule has 0 radical (unpaired) electrons. The Balaban J connectivity index is 2.04. The molecule has 0 saturated heterocycles. The summed E-state index contributed by atoms with van der Waals surface area (Å²) < 4.78 is 29.2. The SMILES string of the molecule is Cc1ccc(S(=O)(=O)OCC(Br)c2ccccc2)cc1. The average molecular weight is 355 g/mol. The van der Waals surface area contributed by atoms with Crippen LogP contribution in [0.4, 0.5) is 0 Å². The van der Waals surface area contributed by atoms with E-state index >= 15 is 0 Å². The maximum absolute atomic E-state index is 12.0. The summed E-state index contributed by atoms with van der Waals surface area (Å²) in [5, 5.41) is 0. The van der Waals surface area contributed by atoms with Gasteiger partial charge in [0.05, 0.1) is 16.3 Å². The highest BCUT2D eigenvalue weighted by Gasteiger charge is 2.17. The number of hydrogen-bond acceptors (Lipinski definition) is 3. The van der Waals surface area contributed by atoms with Crippen molar-refractivity contribution in [1.82, 2.24) is 0 Å². The minimum absolute atomic E-state index is 0.0558. The minimum Gasteiger partial charge on any atom is -0.265 e. The number of rotatable bonds is 5. The molecule has 0 aliphatic heterocycles. The van der Waals surface area contributed by atoms with Gasteiger partial charge in [-0.05, 0) is 24.6 Å². The van der Waals surface area contributed by atoms with Gasteiger partial charge in [0.1, 0.15) is 0 Å². The first-order chi connectivity index (χ1) is 9.49. The number of benzene rings is 2. The highest BCUT2D eigenvalue weighted by molar-refractivity contribution is 9.09. The van der Waals surface area contributed by atoms with Crippen molar-refractivity contribution in [3.8, 4) is 0 Å². The van der Waals surface area contributed by atoms with Crippen molar-refractivity contribution in [2.24, 2.45) is 0 Å². The lowest BCUT2D eigenvalue weighted by molar-refractivity contribution is 0.321. The predicted octanol–water partition coefficient (Wildman–Crippen LogP) is 3.84. The molecule has 0 amide bonds. The molecule has 1 atom stereocenters. The third kappa shape index (κ3) is 3.91. The van der Waals surface area contributed by atoms with Crippen LogP contribution in [0, 0.1) is 6.92 Å². The lowest BCUT2D eigenvalue weighted by Gasteiger charge is -2.11. The first kappa shape index (κ1) is 15.2. The Kier molecular flexibility index (Phi) is 4.96. The van der Waals surface area contributed by atoms with Gasteiger partial charge in [-0.1, -0.05) is 64.0 Å². The highest BCUT2D eigenvalue weighted by Crippen LogP contribution is 2.24. The number of halogens is 1. The standard InChI is InChI=1S/C15H15BrO3S/c1-12-7-9-14(10-8-12)20(17,18)19-11-15(16)13-5-3-2-4-6-13/h2-10,15H,11H2,1H3. The lowest BCUT2D eigenvalue weighted by Crippen LogP contribution is -2.10. The van der Waals surface area contributed by atoms with Crippen LogP contribution >= 0.6 is 15.9 Å². The quantitative estimate of drug-likeness (QED) is 0.605. The molecular weight excluding hydrogens is 340 g/mol. The van der Waals surface area contributed by atoms with Crippen LogP contribution in [0.3, 0.4) is 0 Å². The maximum atomic E-state index is 12.0. The van der Waals surface area contributed by atoms with Gasteiger partial charge in [-0.15, -0.1) is 0 Å². The second-order valence-corrected chi connectivity index (χ2v) is 7.15. The molecule has 0 aliphatic carbocycles. The fraction of sp³-hybridized carbons (Fsp3) is 0.200. The van der Waals surface area contributed by atoms with Gasteiger partial charge in [0, 0.05) is 0 Å². The van der Waals surface area contributed by atoms with E-state index in [4.69, 9.17) is 4.18 Å². The van der Waals surface area contributed by atoms with Crippen molar-refractivity contribution < 1.29 is 12.6 Å². The molecular formula is C15H15BrO3S. The number of alkyl halides is 1. The van der Waals surface area contributed by atoms with Crippen LogP contribution in [-0.2, 0) is 14.3 Å². The molecule has 0 N–H and O–H groups in total. The fourth-order valence-corrected chi connectivity index (χ4v) is 3.21. The Morgan fingerprint density at radius 1 is 1.05 bits per heavy atom. The molecule has 2 rings (SSSR count). The Bertz CT molecular complexity index is 651. The van der Waals surface area contributed by atoms with E-state index in [1.807, 2.05) is 37.3 Å². The minimum atomic E-state index is -3.71. The van der Waals surface area contributed by atoms with Crippen LogP contribution in [0.2, 0.25) is 0 Å². The summed E-state index contributed by atoms with van der Waals surface area (Å²) in [6.07, 6.45) is 0. The molecule has 5 heteroatoms. The van der Waals surface area contributed by atoms with Crippen molar-refractivity contribution in [2.75, 3.05) is 6.61 Å². The normalized spacial score (nSPS) is 13.1. The first-order valence-corrected chi connectivity index (χ1v) is 8.46. The van der Waals surface area contributed by atoms with E-state index in [1.54, 1.807) is 24.3 Å². The fourth-order valence-electron chi connectivity index (χ4n) is 1.68. The Hall–Kier alpha value is -1.17. The Morgan fingerprint density at radius 2 is 1.65 bits per heavy atom. The summed E-state index contributed by atoms with van der Waals surface area (Å²) in [5.41, 5.74) is 1.98. The van der Waals surface area contributed by atoms with Crippen molar-refractivity contribution >= 4 is 26.0 Å². The Morgan fingerprint density at radius 3 is 2.25 bits per heavy atom. The zero-order valence-corrected chi connectivity index (χ0v) is 13.4. The van der Waals surface area contributed by atoms with Crippen LogP contribution in [-0.4, -0.2) is 15.0 Å². The molecule has 2 aromatic carbocycles. The maximum Gasteiger partial charge on any atom is 0.297 e. The molecule has 2 aromatic rings. The van der Waals surface area contributed by atoms with E-state index in [9.17, 15) is 8.42 Å². The van der Waals surface area contributed by atoms with Crippen LogP contribution in [0.1, 0.15) is 16.0 Å². The van der Waals surface area contributed by atoms with Gasteiger partial charge in [0.2, 0.25) is 0 Å². The zero-order valence-electron chi connectivity index (χ0n) is 11.0. The van der Waals surface area contributed by atoms with Crippen LogP contribution in [0.25, 0.3) is 0 Å². The van der Waals surface area contributed by atoms with E-state index in [-0.39, 0.29) is 16.3 Å². The third-order valence-corrected chi connectivity index (χ3v) is 4.93. The van der Waals surface area contributed by atoms with Gasteiger partial charge in [-0.3, -0.25) is 4.18 Å².